The van der Waals surface area contributed by atoms with Gasteiger partial charge in [-0.25, -0.2) is 18.3 Å². The Bertz CT molecular complexity index is 1650. The number of hydrogen-bond donors (Lipinski definition) is 2. The summed E-state index contributed by atoms with van der Waals surface area (Å²) in [4.78, 5) is 34.8. The second kappa shape index (κ2) is 9.84. The van der Waals surface area contributed by atoms with Crippen LogP contribution < -0.4 is 11.1 Å². The molecule has 208 valence electrons. The van der Waals surface area contributed by atoms with Crippen LogP contribution in [0.3, 0.4) is 0 Å². The number of fused-ring (bicyclic) bond motifs is 1. The number of carbonyl (C=O) groups excluding carboxylic acids is 2. The quantitative estimate of drug-likeness (QED) is 0.368. The largest absolute Gasteiger partial charge is 0.418 e. The average Bonchev–Trinajstić information content (AvgIpc) is 3.45. The molecule has 2 amide bonds. The fraction of sp³-hybridized carbons (Fsp3) is 0.269. The number of halogens is 5. The lowest BCUT2D eigenvalue weighted by Gasteiger charge is -2.17. The number of carbonyl (C=O) groups is 2. The Labute approximate surface area is 223 Å². The number of nitrogens with one attached hydrogen (secondary N) is 1. The molecule has 0 radical (unpaired) electrons. The number of hydrogen-bond acceptors (Lipinski definition) is 6. The van der Waals surface area contributed by atoms with Gasteiger partial charge in [0.25, 0.3) is 11.8 Å². The smallest absolute Gasteiger partial charge is 0.382 e. The van der Waals surface area contributed by atoms with Crippen LogP contribution >= 0.6 is 0 Å². The second-order valence-corrected chi connectivity index (χ2v) is 9.52. The van der Waals surface area contributed by atoms with Gasteiger partial charge >= 0.3 is 6.18 Å². The molecule has 0 bridgehead atoms. The maximum atomic E-state index is 15.1. The molecule has 4 aromatic rings. The first-order valence-corrected chi connectivity index (χ1v) is 12.0. The van der Waals surface area contributed by atoms with Crippen molar-refractivity contribution in [2.45, 2.75) is 32.2 Å². The van der Waals surface area contributed by atoms with Gasteiger partial charge < -0.3 is 16.0 Å². The predicted molar refractivity (Wildman–Crippen MR) is 134 cm³/mol. The highest BCUT2D eigenvalue weighted by Gasteiger charge is 2.39. The molecule has 3 N–H and O–H groups in total. The highest BCUT2D eigenvalue weighted by molar-refractivity contribution is 5.98. The fourth-order valence-corrected chi connectivity index (χ4v) is 4.72. The van der Waals surface area contributed by atoms with Crippen molar-refractivity contribution in [3.8, 4) is 11.3 Å². The van der Waals surface area contributed by atoms with Gasteiger partial charge in [-0.15, -0.1) is 0 Å². The van der Waals surface area contributed by atoms with Gasteiger partial charge in [-0.1, -0.05) is 0 Å². The molecule has 1 aliphatic rings. The van der Waals surface area contributed by atoms with Crippen LogP contribution in [0, 0.1) is 19.7 Å². The SMILES string of the molecule is Cc1ccnc(C(=O)N2CC(F)C(NC(=O)c3cc(-c4cc(C(F)(F)F)c5c(N)ncnn45)c(F)cc3C)C2)c1. The molecule has 14 heteroatoms. The monoisotopic (exact) mass is 559 g/mol. The Morgan fingerprint density at radius 1 is 1.10 bits per heavy atom. The molecule has 9 nitrogen and oxygen atoms in total. The lowest BCUT2D eigenvalue weighted by Crippen LogP contribution is -2.42. The van der Waals surface area contributed by atoms with Gasteiger partial charge in [0.2, 0.25) is 0 Å². The standard InChI is InChI=1S/C26H22F5N7O2/c1-12-3-4-33-19(5-12)25(40)37-9-18(28)20(10-37)36-24(39)14-7-15(17(27)6-13(14)2)21-8-16(26(29,30)31)22-23(32)34-11-35-38(21)22/h3-8,11,18,20H,9-10H2,1-2H3,(H,36,39)(H2,32,34,35). The minimum absolute atomic E-state index is 0.0979. The highest BCUT2D eigenvalue weighted by Crippen LogP contribution is 2.39. The molecule has 1 aromatic carbocycles. The molecule has 0 spiro atoms. The zero-order chi connectivity index (χ0) is 28.9. The van der Waals surface area contributed by atoms with Gasteiger partial charge in [0.05, 0.1) is 23.8 Å². The summed E-state index contributed by atoms with van der Waals surface area (Å²) >= 11 is 0. The third-order valence-corrected chi connectivity index (χ3v) is 6.71. The van der Waals surface area contributed by atoms with E-state index in [0.717, 1.165) is 28.5 Å². The number of amides is 2. The topological polar surface area (TPSA) is 119 Å². The molecule has 0 aliphatic carbocycles. The number of aromatic nitrogens is 4. The van der Waals surface area contributed by atoms with Crippen LogP contribution in [0.15, 0.2) is 42.9 Å². The number of nitrogens with two attached hydrogens (primary N) is 1. The fourth-order valence-electron chi connectivity index (χ4n) is 4.72. The zero-order valence-corrected chi connectivity index (χ0v) is 21.1. The Morgan fingerprint density at radius 3 is 2.55 bits per heavy atom. The Morgan fingerprint density at radius 2 is 1.85 bits per heavy atom. The van der Waals surface area contributed by atoms with E-state index in [4.69, 9.17) is 5.73 Å². The molecule has 3 aromatic heterocycles. The molecule has 4 heterocycles. The van der Waals surface area contributed by atoms with Gasteiger partial charge in [-0.05, 0) is 55.3 Å². The van der Waals surface area contributed by atoms with Gasteiger partial charge in [0.15, 0.2) is 5.82 Å². The van der Waals surface area contributed by atoms with Crippen LogP contribution in [0.4, 0.5) is 27.8 Å². The molecule has 5 rings (SSSR count). The summed E-state index contributed by atoms with van der Waals surface area (Å²) in [6.07, 6.45) is -4.06. The number of pyridine rings is 1. The lowest BCUT2D eigenvalue weighted by atomic mass is 10.0. The molecule has 0 saturated carbocycles. The van der Waals surface area contributed by atoms with Crippen molar-refractivity contribution in [2.75, 3.05) is 18.8 Å². The van der Waals surface area contributed by atoms with Crippen LogP contribution in [-0.4, -0.2) is 61.6 Å². The number of alkyl halides is 4. The van der Waals surface area contributed by atoms with Gasteiger partial charge in [0.1, 0.15) is 29.5 Å². The first-order chi connectivity index (χ1) is 18.8. The summed E-state index contributed by atoms with van der Waals surface area (Å²) in [5.41, 5.74) is 4.27. The third-order valence-electron chi connectivity index (χ3n) is 6.71. The number of nitrogens with zero attached hydrogens (tertiary/aromatic N) is 5. The first-order valence-electron chi connectivity index (χ1n) is 12.0. The molecule has 1 aliphatic heterocycles. The zero-order valence-electron chi connectivity index (χ0n) is 21.1. The number of likely N-dealkylation sites (tertiary alicyclic amines) is 1. The van der Waals surface area contributed by atoms with Crippen molar-refractivity contribution < 1.29 is 31.5 Å². The minimum atomic E-state index is -4.85. The summed E-state index contributed by atoms with van der Waals surface area (Å²) in [6.45, 7) is 2.80. The number of benzene rings is 1. The van der Waals surface area contributed by atoms with Crippen molar-refractivity contribution in [2.24, 2.45) is 0 Å². The van der Waals surface area contributed by atoms with E-state index in [9.17, 15) is 27.2 Å². The van der Waals surface area contributed by atoms with Crippen LogP contribution in [0.1, 0.15) is 37.5 Å². The second-order valence-electron chi connectivity index (χ2n) is 9.52. The summed E-state index contributed by atoms with van der Waals surface area (Å²) < 4.78 is 72.0. The van der Waals surface area contributed by atoms with Crippen molar-refractivity contribution in [3.63, 3.8) is 0 Å². The average molecular weight is 559 g/mol. The summed E-state index contributed by atoms with van der Waals surface area (Å²) in [7, 11) is 0. The Balaban J connectivity index is 1.44. The van der Waals surface area contributed by atoms with E-state index in [2.05, 4.69) is 20.4 Å². The van der Waals surface area contributed by atoms with Crippen LogP contribution in [-0.2, 0) is 6.18 Å². The summed E-state index contributed by atoms with van der Waals surface area (Å²) in [5, 5.41) is 6.33. The first kappa shape index (κ1) is 27.0. The maximum absolute atomic E-state index is 15.1. The molecule has 2 unspecified atom stereocenters. The maximum Gasteiger partial charge on any atom is 0.418 e. The Hall–Kier alpha value is -4.62. The third kappa shape index (κ3) is 4.80. The van der Waals surface area contributed by atoms with Crippen molar-refractivity contribution in [1.29, 1.82) is 0 Å². The van der Waals surface area contributed by atoms with E-state index in [1.165, 1.54) is 18.0 Å². The number of aryl methyl sites for hydroxylation is 2. The summed E-state index contributed by atoms with van der Waals surface area (Å²) in [6, 6.07) is 4.94. The normalized spacial score (nSPS) is 17.4. The summed E-state index contributed by atoms with van der Waals surface area (Å²) in [5.74, 6) is -2.66. The van der Waals surface area contributed by atoms with Gasteiger partial charge in [0, 0.05) is 23.9 Å². The van der Waals surface area contributed by atoms with E-state index in [-0.39, 0.29) is 41.2 Å². The van der Waals surface area contributed by atoms with Crippen molar-refractivity contribution in [1.82, 2.24) is 29.8 Å². The predicted octanol–water partition coefficient (Wildman–Crippen LogP) is 3.74. The number of anilines is 1. The molecular weight excluding hydrogens is 537 g/mol. The minimum Gasteiger partial charge on any atom is -0.382 e. The Kier molecular flexibility index (Phi) is 6.64. The van der Waals surface area contributed by atoms with E-state index < -0.39 is 52.9 Å². The lowest BCUT2D eigenvalue weighted by molar-refractivity contribution is -0.136. The van der Waals surface area contributed by atoms with E-state index in [1.807, 2.05) is 0 Å². The van der Waals surface area contributed by atoms with Gasteiger partial charge in [-0.3, -0.25) is 14.6 Å². The van der Waals surface area contributed by atoms with E-state index in [1.54, 1.807) is 19.1 Å². The van der Waals surface area contributed by atoms with E-state index >= 15 is 4.39 Å². The van der Waals surface area contributed by atoms with Crippen LogP contribution in [0.25, 0.3) is 16.8 Å². The molecular formula is C26H22F5N7O2. The van der Waals surface area contributed by atoms with Crippen LogP contribution in [0.5, 0.6) is 0 Å². The molecule has 40 heavy (non-hydrogen) atoms. The number of rotatable bonds is 4. The van der Waals surface area contributed by atoms with Crippen molar-refractivity contribution >= 4 is 23.1 Å². The van der Waals surface area contributed by atoms with E-state index in [0.29, 0.717) is 6.07 Å². The van der Waals surface area contributed by atoms with Crippen LogP contribution in [0.2, 0.25) is 0 Å². The van der Waals surface area contributed by atoms with Crippen molar-refractivity contribution in [3.05, 3.63) is 76.6 Å². The van der Waals surface area contributed by atoms with Gasteiger partial charge in [-0.2, -0.15) is 18.3 Å². The number of nitrogen functional groups attached to an aromatic ring is 1. The highest BCUT2D eigenvalue weighted by atomic mass is 19.4. The molecule has 1 saturated heterocycles. The molecule has 2 atom stereocenters. The molecule has 1 fully saturated rings.